The molecular formula is C65H94F6O8S2. The van der Waals surface area contributed by atoms with Crippen LogP contribution in [0.5, 0.6) is 0 Å². The summed E-state index contributed by atoms with van der Waals surface area (Å²) in [6, 6.07) is 16.7. The highest BCUT2D eigenvalue weighted by Gasteiger charge is 2.63. The molecule has 0 radical (unpaired) electrons. The summed E-state index contributed by atoms with van der Waals surface area (Å²) in [6.07, 6.45) is 6.84. The molecule has 11 rings (SSSR count). The average Bonchev–Trinajstić information content (AvgIpc) is 4.04. The minimum absolute atomic E-state index is 0. The standard InChI is InChI=1S/C32H45F3O4S.C29H42O3S.C3H3F3O.CH4/c1-20(27(18-28(36)32(33,34)35)40(38,39)22-8-6-5-7-9-22)24-12-13-25-23-11-10-21-19-29(2,37)16-17-30(21,3)26(23)14-15-31(24,25)4;1-20(19-33(31,32)22-8-6-5-7-9-22)24-12-13-25-23-11-10-21-18-27(2,30)16-17-28(21,3)26(23)14-15-29(24,25)4;4-3(5,6)2-1-7-2;/h5-10,20,23-28,36-37H,11-19H2,1-4H3;5-10,20,23-26,30H,11-19H2,1-4H3;2H,1H2;1H4/t20-,23-,24+,25-,26-,27?,28+,29-,30-,31+;20-,23+,24-,25+,26+,27+,28+,29-;2-;/m011./s1. The predicted molar refractivity (Wildman–Crippen MR) is 305 cm³/mol. The molecule has 81 heavy (non-hydrogen) atoms. The number of epoxide rings is 1. The zero-order chi connectivity index (χ0) is 58.4. The highest BCUT2D eigenvalue weighted by Crippen LogP contribution is 2.70. The van der Waals surface area contributed by atoms with Crippen molar-refractivity contribution in [3.05, 3.63) is 84.0 Å². The highest BCUT2D eigenvalue weighted by atomic mass is 32.2. The van der Waals surface area contributed by atoms with Crippen LogP contribution in [-0.2, 0) is 24.4 Å². The van der Waals surface area contributed by atoms with Crippen molar-refractivity contribution in [2.75, 3.05) is 12.4 Å². The summed E-state index contributed by atoms with van der Waals surface area (Å²) in [4.78, 5) is 0.474. The molecule has 1 aliphatic heterocycles. The van der Waals surface area contributed by atoms with Crippen LogP contribution in [0.1, 0.15) is 172 Å². The molecule has 0 amide bonds. The van der Waals surface area contributed by atoms with Gasteiger partial charge in [0.1, 0.15) is 0 Å². The van der Waals surface area contributed by atoms with E-state index in [9.17, 15) is 58.5 Å². The van der Waals surface area contributed by atoms with E-state index in [4.69, 9.17) is 0 Å². The molecule has 6 saturated carbocycles. The molecule has 0 bridgehead atoms. The van der Waals surface area contributed by atoms with E-state index in [2.05, 4.69) is 51.5 Å². The number of alkyl halides is 6. The van der Waals surface area contributed by atoms with E-state index in [1.807, 2.05) is 39.0 Å². The molecule has 7 fully saturated rings. The Morgan fingerprint density at radius 3 is 1.46 bits per heavy atom. The van der Waals surface area contributed by atoms with Gasteiger partial charge >= 0.3 is 12.4 Å². The lowest BCUT2D eigenvalue weighted by atomic mass is 9.46. The summed E-state index contributed by atoms with van der Waals surface area (Å²) in [6.45, 7) is 17.4. The number of fused-ring (bicyclic) bond motifs is 10. The molecule has 3 N–H and O–H groups in total. The Labute approximate surface area is 480 Å². The largest absolute Gasteiger partial charge is 0.416 e. The van der Waals surface area contributed by atoms with Gasteiger partial charge in [-0.15, -0.1) is 0 Å². The van der Waals surface area contributed by atoms with E-state index in [1.165, 1.54) is 42.5 Å². The quantitative estimate of drug-likeness (QED) is 0.121. The molecule has 8 aliphatic carbocycles. The molecule has 1 saturated heterocycles. The van der Waals surface area contributed by atoms with Gasteiger partial charge in [-0.2, -0.15) is 26.3 Å². The van der Waals surface area contributed by atoms with Gasteiger partial charge in [0.2, 0.25) is 0 Å². The maximum Gasteiger partial charge on any atom is 0.416 e. The Kier molecular flexibility index (Phi) is 18.1. The minimum atomic E-state index is -4.88. The SMILES string of the molecule is C.C[C@H](C(C[C@@H](O)C(F)(F)F)S(=O)(=O)c1ccccc1)[C@H]1CC[C@H]2[C@@H]3CC=C4C[C@@](C)(O)CC[C@]4(C)[C@H]3CC[C@]12C.C[C@H](CS(=O)(=O)c1ccccc1)[C@H]1CC[C@H]2[C@@H]3CC=C4C[C@@](C)(O)CC[C@]4(C)[C@H]3CC[C@]12C.FC(F)(F)[C@H]1CO1. The predicted octanol–water partition coefficient (Wildman–Crippen LogP) is 15.1. The average molecular weight is 1180 g/mol. The van der Waals surface area contributed by atoms with E-state index in [-0.39, 0.29) is 58.2 Å². The fourth-order valence-electron chi connectivity index (χ4n) is 18.9. The first-order valence-electron chi connectivity index (χ1n) is 29.9. The Hall–Kier alpha value is -2.76. The smallest absolute Gasteiger partial charge is 0.390 e. The Morgan fingerprint density at radius 1 is 0.605 bits per heavy atom. The monoisotopic (exact) mass is 1180 g/mol. The van der Waals surface area contributed by atoms with Crippen LogP contribution in [-0.4, -0.2) is 85.5 Å². The van der Waals surface area contributed by atoms with E-state index in [1.54, 1.807) is 30.3 Å². The van der Waals surface area contributed by atoms with E-state index < -0.39 is 73.0 Å². The molecule has 456 valence electrons. The van der Waals surface area contributed by atoms with E-state index in [0.717, 1.165) is 83.5 Å². The first-order valence-corrected chi connectivity index (χ1v) is 33.1. The summed E-state index contributed by atoms with van der Waals surface area (Å²) >= 11 is 0. The summed E-state index contributed by atoms with van der Waals surface area (Å²) in [5, 5.41) is 30.2. The zero-order valence-electron chi connectivity index (χ0n) is 48.3. The molecule has 2 aromatic rings. The van der Waals surface area contributed by atoms with Crippen molar-refractivity contribution in [1.29, 1.82) is 0 Å². The number of rotatable bonds is 10. The van der Waals surface area contributed by atoms with Crippen molar-refractivity contribution >= 4 is 19.7 Å². The molecule has 2 aromatic carbocycles. The molecule has 19 atom stereocenters. The fourth-order valence-corrected chi connectivity index (χ4v) is 22.7. The van der Waals surface area contributed by atoms with Gasteiger partial charge in [0.25, 0.3) is 0 Å². The molecule has 0 aromatic heterocycles. The topological polar surface area (TPSA) is 141 Å². The molecule has 9 aliphatic rings. The lowest BCUT2D eigenvalue weighted by Crippen LogP contribution is -2.52. The minimum Gasteiger partial charge on any atom is -0.390 e. The maximum atomic E-state index is 13.8. The molecule has 8 nitrogen and oxygen atoms in total. The Balaban J connectivity index is 0.000000190. The number of sulfone groups is 2. The number of hydrogen-bond donors (Lipinski definition) is 3. The second kappa shape index (κ2) is 22.8. The number of allylic oxidation sites excluding steroid dienone is 2. The van der Waals surface area contributed by atoms with Gasteiger partial charge in [-0.25, -0.2) is 16.8 Å². The van der Waals surface area contributed by atoms with Gasteiger partial charge in [0.05, 0.1) is 38.6 Å². The maximum absolute atomic E-state index is 13.8. The summed E-state index contributed by atoms with van der Waals surface area (Å²) < 4.78 is 132. The second-order valence-corrected chi connectivity index (χ2v) is 32.5. The van der Waals surface area contributed by atoms with Gasteiger partial charge in [0, 0.05) is 0 Å². The summed E-state index contributed by atoms with van der Waals surface area (Å²) in [5.74, 6) is 3.79. The van der Waals surface area contributed by atoms with Crippen LogP contribution in [0, 0.1) is 80.8 Å². The van der Waals surface area contributed by atoms with Crippen LogP contribution in [0.25, 0.3) is 0 Å². The third-order valence-corrected chi connectivity index (χ3v) is 27.7. The van der Waals surface area contributed by atoms with Crippen molar-refractivity contribution in [3.63, 3.8) is 0 Å². The van der Waals surface area contributed by atoms with Crippen molar-refractivity contribution < 1.29 is 63.2 Å². The number of aliphatic hydroxyl groups excluding tert-OH is 1. The summed E-state index contributed by atoms with van der Waals surface area (Å²) in [7, 11) is -7.37. The third-order valence-electron chi connectivity index (χ3n) is 23.4. The number of halogens is 6. The lowest BCUT2D eigenvalue weighted by Gasteiger charge is -2.59. The Bertz CT molecular complexity index is 2810. The van der Waals surface area contributed by atoms with Crippen LogP contribution in [0.3, 0.4) is 0 Å². The van der Waals surface area contributed by atoms with Crippen LogP contribution < -0.4 is 0 Å². The van der Waals surface area contributed by atoms with Crippen molar-refractivity contribution in [2.24, 2.45) is 80.8 Å². The number of aliphatic hydroxyl groups is 3. The molecule has 1 unspecified atom stereocenters. The Morgan fingerprint density at radius 2 is 1.04 bits per heavy atom. The van der Waals surface area contributed by atoms with Gasteiger partial charge < -0.3 is 20.1 Å². The van der Waals surface area contributed by atoms with E-state index in [0.29, 0.717) is 46.3 Å². The van der Waals surface area contributed by atoms with Gasteiger partial charge in [-0.05, 0) is 228 Å². The molecule has 16 heteroatoms. The fraction of sp³-hybridized carbons (Fsp3) is 0.754. The molecular weight excluding hydrogens is 1090 g/mol. The zero-order valence-corrected chi connectivity index (χ0v) is 50.0. The van der Waals surface area contributed by atoms with Gasteiger partial charge in [0.15, 0.2) is 31.9 Å². The van der Waals surface area contributed by atoms with Crippen LogP contribution >= 0.6 is 0 Å². The van der Waals surface area contributed by atoms with Crippen molar-refractivity contribution in [1.82, 2.24) is 0 Å². The van der Waals surface area contributed by atoms with Crippen LogP contribution in [0.15, 0.2) is 93.8 Å². The first kappa shape index (κ1) is 64.2. The molecule has 0 spiro atoms. The summed E-state index contributed by atoms with van der Waals surface area (Å²) in [5.41, 5.74) is 2.07. The molecule has 1 heterocycles. The number of ether oxygens (including phenoxy) is 1. The van der Waals surface area contributed by atoms with Crippen molar-refractivity contribution in [2.45, 2.75) is 223 Å². The normalized spacial score (nSPS) is 40.3. The lowest BCUT2D eigenvalue weighted by molar-refractivity contribution is -0.206. The number of benzene rings is 2. The van der Waals surface area contributed by atoms with E-state index >= 15 is 0 Å². The van der Waals surface area contributed by atoms with Gasteiger partial charge in [-0.3, -0.25) is 0 Å². The van der Waals surface area contributed by atoms with Gasteiger partial charge in [-0.1, -0.05) is 109 Å². The van der Waals surface area contributed by atoms with Crippen LogP contribution in [0.4, 0.5) is 26.3 Å². The first-order chi connectivity index (χ1) is 37.1. The second-order valence-electron chi connectivity index (χ2n) is 28.3. The highest BCUT2D eigenvalue weighted by molar-refractivity contribution is 7.92. The number of hydrogen-bond acceptors (Lipinski definition) is 8. The third kappa shape index (κ3) is 12.5. The van der Waals surface area contributed by atoms with Crippen molar-refractivity contribution in [3.8, 4) is 0 Å². The van der Waals surface area contributed by atoms with Crippen LogP contribution in [0.2, 0.25) is 0 Å².